The van der Waals surface area contributed by atoms with Gasteiger partial charge in [0.2, 0.25) is 0 Å². The molecule has 210 valence electrons. The van der Waals surface area contributed by atoms with Crippen LogP contribution in [0.15, 0.2) is 102 Å². The smallest absolute Gasteiger partial charge is 0.781 e. The van der Waals surface area contributed by atoms with Gasteiger partial charge in [-0.25, -0.2) is 0 Å². The molecule has 0 spiro atoms. The fourth-order valence-electron chi connectivity index (χ4n) is 1.35. The monoisotopic (exact) mass is 772 g/mol. The zero-order valence-electron chi connectivity index (χ0n) is 21.2. The second-order valence-electron chi connectivity index (χ2n) is 7.02. The Hall–Kier alpha value is 1.09. The summed E-state index contributed by atoms with van der Waals surface area (Å²) in [6.07, 6.45) is 0. The topological polar surface area (TPSA) is 19.9 Å². The molecule has 0 amide bonds. The summed E-state index contributed by atoms with van der Waals surface area (Å²) in [7, 11) is 0.759. The van der Waals surface area contributed by atoms with Crippen molar-refractivity contribution in [2.24, 2.45) is 0 Å². The molecule has 0 aliphatic carbocycles. The maximum atomic E-state index is 7.50. The molecule has 0 aliphatic heterocycles. The Kier molecular flexibility index (Phi) is 48.3. The van der Waals surface area contributed by atoms with E-state index in [1.165, 1.54) is 0 Å². The van der Waals surface area contributed by atoms with Crippen molar-refractivity contribution in [2.45, 2.75) is 29.4 Å². The van der Waals surface area contributed by atoms with Gasteiger partial charge in [-0.3, -0.25) is 0 Å². The third-order valence-corrected chi connectivity index (χ3v) is 5.07. The Morgan fingerprint density at radius 3 is 0.568 bits per heavy atom. The van der Waals surface area contributed by atoms with Gasteiger partial charge in [-0.1, -0.05) is 72.8 Å². The molecule has 0 atom stereocenters. The molecular weight excluding hydrogens is 744 g/mol. The first kappa shape index (κ1) is 50.9. The minimum Gasteiger partial charge on any atom is -0.781 e. The van der Waals surface area contributed by atoms with Crippen molar-refractivity contribution in [1.29, 1.82) is 0 Å². The molecule has 0 saturated heterocycles. The van der Waals surface area contributed by atoms with E-state index in [0.29, 0.717) is 15.8 Å². The number of benzene rings is 3. The van der Waals surface area contributed by atoms with E-state index in [1.807, 2.05) is 72.8 Å². The fraction of sp³-hybridized carbons (Fsp3) is 0.240. The molecule has 0 aliphatic rings. The van der Waals surface area contributed by atoms with Gasteiger partial charge >= 0.3 is 61.4 Å². The predicted octanol–water partition coefficient (Wildman–Crippen LogP) is 7.16. The molecule has 3 aromatic carbocycles. The first-order chi connectivity index (χ1) is 15.9. The van der Waals surface area contributed by atoms with Crippen LogP contribution >= 0.6 is 15.8 Å². The van der Waals surface area contributed by atoms with Crippen molar-refractivity contribution in [3.8, 4) is 0 Å². The molecule has 0 fully saturated rings. The molecule has 0 unspecified atom stereocenters. The Balaban J connectivity index is -0.0000000804. The largest absolute Gasteiger partial charge is 2.00 e. The van der Waals surface area contributed by atoms with E-state index in [-0.39, 0.29) is 50.1 Å². The van der Waals surface area contributed by atoms with Crippen LogP contribution in [0.2, 0.25) is 0 Å². The summed E-state index contributed by atoms with van der Waals surface area (Å²) in [4.78, 5) is 4.60. The molecule has 0 saturated carbocycles. The van der Waals surface area contributed by atoms with E-state index < -0.39 is 0 Å². The van der Waals surface area contributed by atoms with Gasteiger partial charge < -0.3 is 75.8 Å². The quantitative estimate of drug-likeness (QED) is 0.0789. The van der Waals surface area contributed by atoms with Crippen LogP contribution in [0.3, 0.4) is 0 Å². The van der Waals surface area contributed by atoms with Gasteiger partial charge in [0.1, 0.15) is 0 Å². The number of hydrogen-bond donors (Lipinski definition) is 0. The molecule has 37 heavy (non-hydrogen) atoms. The summed E-state index contributed by atoms with van der Waals surface area (Å²) in [5.74, 6) is 0. The Labute approximate surface area is 292 Å². The summed E-state index contributed by atoms with van der Waals surface area (Å²) < 4.78 is 7.50. The van der Waals surface area contributed by atoms with Crippen LogP contribution in [0.25, 0.3) is 0 Å². The molecule has 0 bridgehead atoms. The summed E-state index contributed by atoms with van der Waals surface area (Å²) in [6, 6.07) is 22.3. The molecule has 0 aromatic heterocycles. The molecule has 0 N–H and O–H groups in total. The van der Waals surface area contributed by atoms with Crippen molar-refractivity contribution in [3.63, 3.8) is 0 Å². The van der Waals surface area contributed by atoms with Gasteiger partial charge in [0.05, 0.1) is 0 Å². The van der Waals surface area contributed by atoms with E-state index in [1.54, 1.807) is 0 Å². The standard InChI is InChI=1S/3C6H6S2.2C3H9P.CO.Fe.2Ni/c3*7-5-3-1-2-4-6(5)8;2*1-4(2)3;1-2;;;/h3*1-4,7-8H;2*1-3H3;;;;/q;;;;;;3*+2/p-6. The first-order valence-electron chi connectivity index (χ1n) is 9.59. The molecule has 12 heteroatoms. The van der Waals surface area contributed by atoms with Gasteiger partial charge in [-0.05, 0) is 40.0 Å². The van der Waals surface area contributed by atoms with E-state index in [2.05, 4.69) is 46.6 Å². The van der Waals surface area contributed by atoms with Crippen molar-refractivity contribution >= 4 is 91.6 Å². The van der Waals surface area contributed by atoms with Gasteiger partial charge in [-0.2, -0.15) is 29.4 Å². The Morgan fingerprint density at radius 1 is 0.432 bits per heavy atom. The summed E-state index contributed by atoms with van der Waals surface area (Å²) in [5, 5.41) is 0. The molecule has 3 rings (SSSR count). The SMILES string of the molecule is CP(C)C.CP(C)C.[C-]#[O+].[Fe+2].[Ni+2].[Ni+2].[S-]c1ccccc1[S-].[S-]c1ccccc1[S-].[S-]c1ccccc1[S-]. The van der Waals surface area contributed by atoms with E-state index in [0.717, 1.165) is 29.4 Å². The molecule has 0 heterocycles. The average molecular weight is 774 g/mol. The fourth-order valence-corrected chi connectivity index (χ4v) is 2.23. The molecule has 1 nitrogen and oxygen atoms in total. The average Bonchev–Trinajstić information content (AvgIpc) is 2.76. The third kappa shape index (κ3) is 39.3. The van der Waals surface area contributed by atoms with Crippen LogP contribution in [0.4, 0.5) is 0 Å². The van der Waals surface area contributed by atoms with Gasteiger partial charge in [0, 0.05) is 0 Å². The second kappa shape index (κ2) is 35.1. The van der Waals surface area contributed by atoms with E-state index in [9.17, 15) is 0 Å². The van der Waals surface area contributed by atoms with Crippen molar-refractivity contribution in [3.05, 3.63) is 79.4 Å². The third-order valence-electron chi connectivity index (χ3n) is 2.55. The maximum absolute atomic E-state index is 7.50. The minimum absolute atomic E-state index is 0. The maximum Gasteiger partial charge on any atom is 2.00 e. The Morgan fingerprint density at radius 2 is 0.514 bits per heavy atom. The zero-order valence-corrected chi connectivity index (χ0v) is 30.9. The van der Waals surface area contributed by atoms with Gasteiger partial charge in [0.25, 0.3) is 0 Å². The van der Waals surface area contributed by atoms with Crippen LogP contribution in [0.5, 0.6) is 0 Å². The van der Waals surface area contributed by atoms with E-state index in [4.69, 9.17) is 80.4 Å². The first-order valence-corrected chi connectivity index (χ1v) is 17.4. The van der Waals surface area contributed by atoms with Crippen LogP contribution in [-0.2, 0) is 130 Å². The summed E-state index contributed by atoms with van der Waals surface area (Å²) in [5.41, 5.74) is 0. The minimum atomic E-state index is 0. The van der Waals surface area contributed by atoms with Gasteiger partial charge in [-0.15, -0.1) is 15.8 Å². The van der Waals surface area contributed by atoms with Crippen molar-refractivity contribution in [2.75, 3.05) is 40.0 Å². The van der Waals surface area contributed by atoms with Gasteiger partial charge in [0.15, 0.2) is 0 Å². The zero-order chi connectivity index (χ0) is 27.1. The van der Waals surface area contributed by atoms with Crippen LogP contribution in [0, 0.1) is 6.65 Å². The predicted molar refractivity (Wildman–Crippen MR) is 166 cm³/mol. The molecular formula is C25H30FeNi2OP2S6. The second-order valence-corrected chi connectivity index (χ2v) is 15.0. The summed E-state index contributed by atoms with van der Waals surface area (Å²) in [6.45, 7) is 17.9. The normalized spacial score (nSPS) is 7.84. The van der Waals surface area contributed by atoms with Crippen molar-refractivity contribution in [1.82, 2.24) is 0 Å². The molecule has 0 radical (unpaired) electrons. The van der Waals surface area contributed by atoms with Crippen molar-refractivity contribution < 1.29 is 54.7 Å². The van der Waals surface area contributed by atoms with E-state index >= 15 is 0 Å². The molecule has 3 aromatic rings. The van der Waals surface area contributed by atoms with Crippen LogP contribution < -0.4 is 0 Å². The van der Waals surface area contributed by atoms with Crippen LogP contribution in [-0.4, -0.2) is 40.0 Å². The van der Waals surface area contributed by atoms with Crippen LogP contribution in [0.1, 0.15) is 0 Å². The number of hydrogen-bond acceptors (Lipinski definition) is 6. The Bertz CT molecular complexity index is 745. The summed E-state index contributed by atoms with van der Waals surface area (Å²) >= 11 is 29.1. The number of rotatable bonds is 0.